The molecule has 0 saturated heterocycles. The number of unbranched alkanes of at least 4 members (excludes halogenated alkanes) is 45. The van der Waals surface area contributed by atoms with Crippen molar-refractivity contribution in [3.63, 3.8) is 0 Å². The molecule has 0 aromatic rings. The molecule has 0 aliphatic heterocycles. The molecular formula is C64H123NO4. The Bertz CT molecular complexity index is 1070. The van der Waals surface area contributed by atoms with Gasteiger partial charge >= 0.3 is 0 Å². The molecule has 3 atom stereocenters. The molecule has 1 amide bonds. The van der Waals surface area contributed by atoms with E-state index in [1.54, 1.807) is 6.08 Å². The Balaban J connectivity index is 3.50. The van der Waals surface area contributed by atoms with E-state index in [-0.39, 0.29) is 18.9 Å². The van der Waals surface area contributed by atoms with Crippen LogP contribution >= 0.6 is 0 Å². The lowest BCUT2D eigenvalue weighted by Crippen LogP contribution is -2.45. The third kappa shape index (κ3) is 55.7. The van der Waals surface area contributed by atoms with Crippen molar-refractivity contribution in [3.05, 3.63) is 36.5 Å². The number of nitrogens with one attached hydrogen (secondary N) is 1. The van der Waals surface area contributed by atoms with Crippen molar-refractivity contribution in [3.8, 4) is 0 Å². The molecule has 5 heteroatoms. The lowest BCUT2D eigenvalue weighted by Gasteiger charge is -2.21. The summed E-state index contributed by atoms with van der Waals surface area (Å²) in [6.07, 6.45) is 78.0. The van der Waals surface area contributed by atoms with E-state index in [1.165, 1.54) is 276 Å². The van der Waals surface area contributed by atoms with Gasteiger partial charge in [0.2, 0.25) is 5.91 Å². The molecule has 0 radical (unpaired) electrons. The fourth-order valence-electron chi connectivity index (χ4n) is 9.91. The maximum atomic E-state index is 12.5. The number of amides is 1. The van der Waals surface area contributed by atoms with Crippen molar-refractivity contribution in [1.29, 1.82) is 0 Å². The van der Waals surface area contributed by atoms with E-state index in [0.717, 1.165) is 38.5 Å². The van der Waals surface area contributed by atoms with Gasteiger partial charge in [-0.25, -0.2) is 0 Å². The van der Waals surface area contributed by atoms with Crippen molar-refractivity contribution in [2.75, 3.05) is 6.61 Å². The van der Waals surface area contributed by atoms with Gasteiger partial charge in [-0.3, -0.25) is 4.79 Å². The van der Waals surface area contributed by atoms with Gasteiger partial charge in [0, 0.05) is 0 Å². The summed E-state index contributed by atoms with van der Waals surface area (Å²) in [5, 5.41) is 33.5. The fraction of sp³-hybridized carbons (Fsp3) is 0.891. The van der Waals surface area contributed by atoms with Crippen molar-refractivity contribution in [2.24, 2.45) is 0 Å². The molecule has 0 aliphatic rings. The number of aliphatic hydroxyl groups is 3. The van der Waals surface area contributed by atoms with Gasteiger partial charge in [-0.2, -0.15) is 0 Å². The smallest absolute Gasteiger partial charge is 0.222 e. The Labute approximate surface area is 432 Å². The van der Waals surface area contributed by atoms with Gasteiger partial charge in [-0.05, 0) is 44.9 Å². The largest absolute Gasteiger partial charge is 0.394 e. The lowest BCUT2D eigenvalue weighted by atomic mass is 10.0. The van der Waals surface area contributed by atoms with Crippen molar-refractivity contribution in [1.82, 2.24) is 5.32 Å². The molecule has 0 aromatic heterocycles. The zero-order chi connectivity index (χ0) is 50.0. The molecule has 5 nitrogen and oxygen atoms in total. The summed E-state index contributed by atoms with van der Waals surface area (Å²) in [6, 6.07) is -0.767. The van der Waals surface area contributed by atoms with E-state index in [1.807, 2.05) is 6.08 Å². The molecule has 0 saturated carbocycles. The Morgan fingerprint density at radius 1 is 0.362 bits per heavy atom. The minimum absolute atomic E-state index is 0.00579. The maximum Gasteiger partial charge on any atom is 0.222 e. The van der Waals surface area contributed by atoms with Gasteiger partial charge in [0.05, 0.1) is 31.3 Å². The van der Waals surface area contributed by atoms with E-state index in [4.69, 9.17) is 0 Å². The first-order chi connectivity index (χ1) is 34.0. The van der Waals surface area contributed by atoms with Gasteiger partial charge < -0.3 is 20.6 Å². The Kier molecular flexibility index (Phi) is 57.9. The SMILES string of the molecule is CCCCCCCCCCC/C=C/CC/C=C/CC/C=C/C(O)C(CO)NC(=O)CC(O)CCCCCCCCCCCCCCCCCCCCCCCCCCCCCCCCCCCCC. The predicted octanol–water partition coefficient (Wildman–Crippen LogP) is 19.8. The second kappa shape index (κ2) is 59.1. The van der Waals surface area contributed by atoms with Crippen LogP contribution in [0, 0.1) is 0 Å². The highest BCUT2D eigenvalue weighted by Crippen LogP contribution is 2.18. The zero-order valence-corrected chi connectivity index (χ0v) is 46.7. The maximum absolute atomic E-state index is 12.5. The number of aliphatic hydroxyl groups excluding tert-OH is 3. The fourth-order valence-corrected chi connectivity index (χ4v) is 9.91. The van der Waals surface area contributed by atoms with E-state index in [9.17, 15) is 20.1 Å². The summed E-state index contributed by atoms with van der Waals surface area (Å²) in [5.41, 5.74) is 0. The topological polar surface area (TPSA) is 89.8 Å². The van der Waals surface area contributed by atoms with Gasteiger partial charge in [-0.15, -0.1) is 0 Å². The monoisotopic (exact) mass is 970 g/mol. The van der Waals surface area contributed by atoms with Crippen LogP contribution in [0.15, 0.2) is 36.5 Å². The highest BCUT2D eigenvalue weighted by Gasteiger charge is 2.20. The average Bonchev–Trinajstić information content (AvgIpc) is 3.35. The summed E-state index contributed by atoms with van der Waals surface area (Å²) in [6.45, 7) is 4.23. The van der Waals surface area contributed by atoms with Crippen LogP contribution < -0.4 is 5.32 Å². The first kappa shape index (κ1) is 67.6. The number of carbonyl (C=O) groups is 1. The van der Waals surface area contributed by atoms with Crippen molar-refractivity contribution < 1.29 is 20.1 Å². The molecule has 0 rings (SSSR count). The molecular weight excluding hydrogens is 847 g/mol. The molecule has 3 unspecified atom stereocenters. The van der Waals surface area contributed by atoms with Crippen molar-refractivity contribution in [2.45, 2.75) is 360 Å². The molecule has 0 heterocycles. The van der Waals surface area contributed by atoms with Gasteiger partial charge in [-0.1, -0.05) is 326 Å². The second-order valence-electron chi connectivity index (χ2n) is 21.7. The Morgan fingerprint density at radius 3 is 0.928 bits per heavy atom. The molecule has 69 heavy (non-hydrogen) atoms. The van der Waals surface area contributed by atoms with Crippen LogP contribution in [0.2, 0.25) is 0 Å². The van der Waals surface area contributed by atoms with Crippen LogP contribution in [-0.2, 0) is 4.79 Å². The van der Waals surface area contributed by atoms with Crippen LogP contribution in [0.25, 0.3) is 0 Å². The van der Waals surface area contributed by atoms with Crippen LogP contribution in [0.5, 0.6) is 0 Å². The van der Waals surface area contributed by atoms with Crippen LogP contribution in [-0.4, -0.2) is 46.1 Å². The van der Waals surface area contributed by atoms with E-state index >= 15 is 0 Å². The summed E-state index contributed by atoms with van der Waals surface area (Å²) in [4.78, 5) is 12.5. The normalized spacial score (nSPS) is 13.4. The number of carbonyl (C=O) groups excluding carboxylic acids is 1. The molecule has 408 valence electrons. The van der Waals surface area contributed by atoms with E-state index in [2.05, 4.69) is 43.5 Å². The molecule has 0 aromatic carbocycles. The second-order valence-corrected chi connectivity index (χ2v) is 21.7. The number of hydrogen-bond donors (Lipinski definition) is 4. The Morgan fingerprint density at radius 2 is 0.623 bits per heavy atom. The minimum atomic E-state index is -0.959. The number of hydrogen-bond acceptors (Lipinski definition) is 4. The minimum Gasteiger partial charge on any atom is -0.394 e. The third-order valence-corrected chi connectivity index (χ3v) is 14.7. The van der Waals surface area contributed by atoms with Gasteiger partial charge in [0.1, 0.15) is 0 Å². The summed E-state index contributed by atoms with van der Waals surface area (Å²) in [7, 11) is 0. The van der Waals surface area contributed by atoms with E-state index < -0.39 is 18.2 Å². The summed E-state index contributed by atoms with van der Waals surface area (Å²) < 4.78 is 0. The molecule has 4 N–H and O–H groups in total. The first-order valence-corrected chi connectivity index (χ1v) is 31.3. The van der Waals surface area contributed by atoms with Crippen LogP contribution in [0.1, 0.15) is 341 Å². The summed E-state index contributed by atoms with van der Waals surface area (Å²) >= 11 is 0. The third-order valence-electron chi connectivity index (χ3n) is 14.7. The highest BCUT2D eigenvalue weighted by molar-refractivity contribution is 5.76. The average molecular weight is 971 g/mol. The molecule has 0 spiro atoms. The molecule has 0 fully saturated rings. The number of rotatable bonds is 58. The first-order valence-electron chi connectivity index (χ1n) is 31.3. The highest BCUT2D eigenvalue weighted by atomic mass is 16.3. The zero-order valence-electron chi connectivity index (χ0n) is 46.7. The quantitative estimate of drug-likeness (QED) is 0.0361. The van der Waals surface area contributed by atoms with Crippen LogP contribution in [0.3, 0.4) is 0 Å². The Hall–Kier alpha value is -1.43. The standard InChI is InChI=1S/C64H123NO4/c1-3-5-7-9-11-13-15-17-19-21-23-24-25-26-27-28-29-30-31-32-33-34-35-36-37-38-40-41-43-45-47-49-51-53-55-57-61(67)59-64(69)65-62(60-66)63(68)58-56-54-52-50-48-46-44-42-39-22-20-18-16-14-12-10-8-6-4-2/h39,42,48,50,56,58,61-63,66-68H,3-38,40-41,43-47,49,51-55,57,59-60H2,1-2H3,(H,65,69)/b42-39+,50-48+,58-56+. The van der Waals surface area contributed by atoms with Gasteiger partial charge in [0.25, 0.3) is 0 Å². The number of allylic oxidation sites excluding steroid dienone is 5. The van der Waals surface area contributed by atoms with Crippen LogP contribution in [0.4, 0.5) is 0 Å². The van der Waals surface area contributed by atoms with Gasteiger partial charge in [0.15, 0.2) is 0 Å². The summed E-state index contributed by atoms with van der Waals surface area (Å²) in [5.74, 6) is -0.324. The molecule has 0 bridgehead atoms. The van der Waals surface area contributed by atoms with Crippen molar-refractivity contribution >= 4 is 5.91 Å². The predicted molar refractivity (Wildman–Crippen MR) is 305 cm³/mol. The van der Waals surface area contributed by atoms with E-state index in [0.29, 0.717) is 6.42 Å². The lowest BCUT2D eigenvalue weighted by molar-refractivity contribution is -0.124. The molecule has 0 aliphatic carbocycles.